The number of carboxylic acids is 1. The van der Waals surface area contributed by atoms with Gasteiger partial charge < -0.3 is 30.5 Å². The number of benzene rings is 2. The van der Waals surface area contributed by atoms with Gasteiger partial charge >= 0.3 is 12.1 Å². The Bertz CT molecular complexity index is 1140. The minimum Gasteiger partial charge on any atom is -0.491 e. The van der Waals surface area contributed by atoms with E-state index in [2.05, 4.69) is 21.3 Å². The van der Waals surface area contributed by atoms with Crippen LogP contribution in [-0.2, 0) is 32.1 Å². The van der Waals surface area contributed by atoms with Crippen molar-refractivity contribution >= 4 is 23.9 Å². The molecule has 0 bridgehead atoms. The number of carbonyl (C=O) groups is 4. The molecular weight excluding hydrogens is 540 g/mol. The molecule has 230 valence electrons. The van der Waals surface area contributed by atoms with Gasteiger partial charge in [0.15, 0.2) is 0 Å². The van der Waals surface area contributed by atoms with Crippen molar-refractivity contribution in [3.63, 3.8) is 0 Å². The Morgan fingerprint density at radius 3 is 2.07 bits per heavy atom. The summed E-state index contributed by atoms with van der Waals surface area (Å²) in [5.41, 5.74) is 1.65. The van der Waals surface area contributed by atoms with Gasteiger partial charge in [0.05, 0.1) is 12.1 Å². The third-order valence-corrected chi connectivity index (χ3v) is 6.25. The molecule has 11 heteroatoms. The normalized spacial score (nSPS) is 13.1. The van der Waals surface area contributed by atoms with E-state index in [0.717, 1.165) is 11.1 Å². The summed E-state index contributed by atoms with van der Waals surface area (Å²) < 4.78 is 10.8. The molecule has 2 rings (SSSR count). The van der Waals surface area contributed by atoms with Crippen LogP contribution in [0.3, 0.4) is 0 Å². The zero-order chi connectivity index (χ0) is 31.1. The van der Waals surface area contributed by atoms with Crippen LogP contribution in [0.1, 0.15) is 51.7 Å². The number of alkyl carbamates (subject to hydrolysis) is 1. The Labute approximate surface area is 247 Å². The second-order valence-corrected chi connectivity index (χ2v) is 10.7. The maximum Gasteiger partial charge on any atom is 0.407 e. The van der Waals surface area contributed by atoms with E-state index in [0.29, 0.717) is 12.2 Å². The van der Waals surface area contributed by atoms with Crippen LogP contribution in [0, 0.1) is 5.92 Å². The molecule has 0 aliphatic heterocycles. The zero-order valence-electron chi connectivity index (χ0n) is 25.0. The lowest BCUT2D eigenvalue weighted by Crippen LogP contribution is -2.56. The molecule has 0 radical (unpaired) electrons. The number of rotatable bonds is 17. The average molecular weight is 585 g/mol. The molecule has 5 N–H and O–H groups in total. The molecule has 0 heterocycles. The number of hydrogen-bond acceptors (Lipinski definition) is 7. The fraction of sp³-hybridized carbons (Fsp3) is 0.484. The monoisotopic (exact) mass is 584 g/mol. The predicted molar refractivity (Wildman–Crippen MR) is 159 cm³/mol. The van der Waals surface area contributed by atoms with Gasteiger partial charge in [-0.05, 0) is 55.9 Å². The molecule has 0 aliphatic carbocycles. The van der Waals surface area contributed by atoms with Crippen LogP contribution in [-0.4, -0.2) is 66.8 Å². The van der Waals surface area contributed by atoms with E-state index in [4.69, 9.17) is 9.47 Å². The van der Waals surface area contributed by atoms with E-state index in [1.165, 1.54) is 7.05 Å². The van der Waals surface area contributed by atoms with E-state index >= 15 is 0 Å². The largest absolute Gasteiger partial charge is 0.491 e. The number of likely N-dealkylation sites (N-methyl/N-ethyl adjacent to an activating group) is 1. The summed E-state index contributed by atoms with van der Waals surface area (Å²) in [5.74, 6) is -1.27. The Kier molecular flexibility index (Phi) is 14.3. The molecule has 2 aromatic carbocycles. The van der Waals surface area contributed by atoms with Crippen molar-refractivity contribution in [2.24, 2.45) is 5.92 Å². The Morgan fingerprint density at radius 1 is 0.833 bits per heavy atom. The predicted octanol–water partition coefficient (Wildman–Crippen LogP) is 3.02. The number of carbonyl (C=O) groups excluding carboxylic acids is 3. The SMILES string of the molecule is CNC(=O)[C@H](Cc1ccc(OC(C)C)cc1)NC(=O)[C@H](CC(C)C)N[C@H](CCNC(=O)OCc1ccccc1)C(=O)O. The molecule has 0 fully saturated rings. The molecule has 3 amide bonds. The third kappa shape index (κ3) is 12.6. The topological polar surface area (TPSA) is 155 Å². The summed E-state index contributed by atoms with van der Waals surface area (Å²) in [6.45, 7) is 7.80. The molecule has 2 aromatic rings. The van der Waals surface area contributed by atoms with E-state index in [9.17, 15) is 24.3 Å². The molecule has 0 spiro atoms. The summed E-state index contributed by atoms with van der Waals surface area (Å²) >= 11 is 0. The van der Waals surface area contributed by atoms with Crippen molar-refractivity contribution in [2.75, 3.05) is 13.6 Å². The summed E-state index contributed by atoms with van der Waals surface area (Å²) in [5, 5.41) is 20.7. The highest BCUT2D eigenvalue weighted by atomic mass is 16.5. The number of ether oxygens (including phenoxy) is 2. The van der Waals surface area contributed by atoms with Crippen LogP contribution >= 0.6 is 0 Å². The molecule has 3 atom stereocenters. The second kappa shape index (κ2) is 17.6. The summed E-state index contributed by atoms with van der Waals surface area (Å²) in [6.07, 6.45) is -0.0562. The van der Waals surface area contributed by atoms with Crippen LogP contribution in [0.5, 0.6) is 5.75 Å². The number of carboxylic acid groups (broad SMARTS) is 1. The minimum atomic E-state index is -1.16. The van der Waals surface area contributed by atoms with Crippen molar-refractivity contribution in [1.82, 2.24) is 21.3 Å². The van der Waals surface area contributed by atoms with Crippen molar-refractivity contribution < 1.29 is 33.8 Å². The first kappa shape index (κ1) is 34.1. The number of amides is 3. The Hall–Kier alpha value is -4.12. The van der Waals surface area contributed by atoms with Gasteiger partial charge in [-0.3, -0.25) is 19.7 Å². The molecule has 0 saturated carbocycles. The minimum absolute atomic E-state index is 0.0152. The highest BCUT2D eigenvalue weighted by molar-refractivity contribution is 5.90. The van der Waals surface area contributed by atoms with Crippen LogP contribution in [0.4, 0.5) is 4.79 Å². The first-order chi connectivity index (χ1) is 20.0. The fourth-order valence-corrected chi connectivity index (χ4v) is 4.20. The van der Waals surface area contributed by atoms with Gasteiger partial charge in [0.25, 0.3) is 0 Å². The Morgan fingerprint density at radius 2 is 1.50 bits per heavy atom. The smallest absolute Gasteiger partial charge is 0.407 e. The summed E-state index contributed by atoms with van der Waals surface area (Å²) in [6, 6.07) is 13.6. The van der Waals surface area contributed by atoms with Crippen LogP contribution in [0.15, 0.2) is 54.6 Å². The first-order valence-corrected chi connectivity index (χ1v) is 14.2. The third-order valence-electron chi connectivity index (χ3n) is 6.25. The van der Waals surface area contributed by atoms with Gasteiger partial charge in [-0.1, -0.05) is 56.3 Å². The molecular formula is C31H44N4O7. The van der Waals surface area contributed by atoms with Gasteiger partial charge in [0, 0.05) is 20.0 Å². The molecule has 0 unspecified atom stereocenters. The molecule has 0 aromatic heterocycles. The highest BCUT2D eigenvalue weighted by Gasteiger charge is 2.30. The quantitative estimate of drug-likeness (QED) is 0.190. The lowest BCUT2D eigenvalue weighted by molar-refractivity contribution is -0.140. The summed E-state index contributed by atoms with van der Waals surface area (Å²) in [4.78, 5) is 50.1. The lowest BCUT2D eigenvalue weighted by atomic mass is 10.00. The van der Waals surface area contributed by atoms with E-state index in [-0.39, 0.29) is 43.9 Å². The number of aliphatic carboxylic acids is 1. The van der Waals surface area contributed by atoms with Crippen molar-refractivity contribution in [1.29, 1.82) is 0 Å². The highest BCUT2D eigenvalue weighted by Crippen LogP contribution is 2.16. The van der Waals surface area contributed by atoms with Gasteiger partial charge in [-0.2, -0.15) is 0 Å². The maximum absolute atomic E-state index is 13.4. The molecule has 0 saturated heterocycles. The standard InChI is InChI=1S/C31H44N4O7/c1-20(2)17-26(34-25(30(38)39)15-16-33-31(40)41-19-23-9-7-6-8-10-23)29(37)35-27(28(36)32-5)18-22-11-13-24(14-12-22)42-21(3)4/h6-14,20-21,25-27,34H,15-19H2,1-5H3,(H,32,36)(H,33,40)(H,35,37)(H,38,39)/t25-,26+,27+/m1/s1. The van der Waals surface area contributed by atoms with Crippen LogP contribution < -0.4 is 26.0 Å². The van der Waals surface area contributed by atoms with Crippen molar-refractivity contribution in [3.05, 3.63) is 65.7 Å². The average Bonchev–Trinajstić information content (AvgIpc) is 2.95. The van der Waals surface area contributed by atoms with Crippen LogP contribution in [0.2, 0.25) is 0 Å². The van der Waals surface area contributed by atoms with E-state index in [1.807, 2.05) is 82.3 Å². The molecule has 0 aliphatic rings. The van der Waals surface area contributed by atoms with Crippen molar-refractivity contribution in [3.8, 4) is 5.75 Å². The maximum atomic E-state index is 13.4. The molecule has 42 heavy (non-hydrogen) atoms. The fourth-order valence-electron chi connectivity index (χ4n) is 4.20. The summed E-state index contributed by atoms with van der Waals surface area (Å²) in [7, 11) is 1.49. The number of hydrogen-bond donors (Lipinski definition) is 5. The van der Waals surface area contributed by atoms with Gasteiger partial charge in [-0.15, -0.1) is 0 Å². The first-order valence-electron chi connectivity index (χ1n) is 14.2. The second-order valence-electron chi connectivity index (χ2n) is 10.7. The Balaban J connectivity index is 2.01. The molecule has 11 nitrogen and oxygen atoms in total. The van der Waals surface area contributed by atoms with Gasteiger partial charge in [0.1, 0.15) is 24.4 Å². The zero-order valence-corrected chi connectivity index (χ0v) is 25.0. The number of nitrogens with one attached hydrogen (secondary N) is 4. The lowest BCUT2D eigenvalue weighted by Gasteiger charge is -2.26. The van der Waals surface area contributed by atoms with E-state index < -0.39 is 36.1 Å². The van der Waals surface area contributed by atoms with Crippen molar-refractivity contribution in [2.45, 2.75) is 77.8 Å². The van der Waals surface area contributed by atoms with E-state index in [1.54, 1.807) is 0 Å². The van der Waals surface area contributed by atoms with Gasteiger partial charge in [-0.25, -0.2) is 4.79 Å². The van der Waals surface area contributed by atoms with Crippen LogP contribution in [0.25, 0.3) is 0 Å². The van der Waals surface area contributed by atoms with Gasteiger partial charge in [0.2, 0.25) is 11.8 Å².